The van der Waals surface area contributed by atoms with Gasteiger partial charge < -0.3 is 10.2 Å². The lowest BCUT2D eigenvalue weighted by Crippen LogP contribution is -2.25. The molecule has 0 atom stereocenters. The maximum atomic E-state index is 12.9. The molecule has 1 N–H and O–H groups in total. The number of aromatic nitrogens is 2. The molecule has 0 unspecified atom stereocenters. The van der Waals surface area contributed by atoms with Gasteiger partial charge in [0.2, 0.25) is 5.91 Å². The Morgan fingerprint density at radius 2 is 1.87 bits per heavy atom. The molecule has 0 fully saturated rings. The van der Waals surface area contributed by atoms with Crippen molar-refractivity contribution in [2.24, 2.45) is 0 Å². The van der Waals surface area contributed by atoms with Gasteiger partial charge in [0.15, 0.2) is 0 Å². The number of amides is 2. The largest absolute Gasteiger partial charge is 0.322 e. The summed E-state index contributed by atoms with van der Waals surface area (Å²) in [5.41, 5.74) is 5.81. The summed E-state index contributed by atoms with van der Waals surface area (Å²) in [6, 6.07) is 13.7. The van der Waals surface area contributed by atoms with Gasteiger partial charge in [0, 0.05) is 24.8 Å². The minimum absolute atomic E-state index is 0.0222. The number of carbonyl (C=O) groups excluding carboxylic acids is 2. The SMILES string of the molecule is CC(=O)N1CCc2cc(NC(=O)c3c(C)nn(Cc4ccc(C)cc4)c3Cl)ccc21. The Kier molecular flexibility index (Phi) is 5.35. The third-order valence-corrected chi connectivity index (χ3v) is 5.74. The van der Waals surface area contributed by atoms with E-state index in [1.165, 1.54) is 5.56 Å². The van der Waals surface area contributed by atoms with Crippen molar-refractivity contribution in [3.63, 3.8) is 0 Å². The van der Waals surface area contributed by atoms with Crippen LogP contribution >= 0.6 is 11.6 Å². The maximum absolute atomic E-state index is 12.9. The molecule has 0 saturated heterocycles. The lowest BCUT2D eigenvalue weighted by molar-refractivity contribution is -0.116. The van der Waals surface area contributed by atoms with Crippen LogP contribution in [0.15, 0.2) is 42.5 Å². The highest BCUT2D eigenvalue weighted by Gasteiger charge is 2.24. The zero-order valence-corrected chi connectivity index (χ0v) is 18.0. The Balaban J connectivity index is 1.53. The molecule has 1 aliphatic heterocycles. The van der Waals surface area contributed by atoms with Gasteiger partial charge >= 0.3 is 0 Å². The second-order valence-electron chi connectivity index (χ2n) is 7.61. The van der Waals surface area contributed by atoms with Crippen LogP contribution in [0.2, 0.25) is 5.15 Å². The zero-order valence-electron chi connectivity index (χ0n) is 17.2. The number of hydrogen-bond donors (Lipinski definition) is 1. The summed E-state index contributed by atoms with van der Waals surface area (Å²) in [5.74, 6) is -0.275. The molecular formula is C23H23ClN4O2. The number of halogens is 1. The molecule has 30 heavy (non-hydrogen) atoms. The van der Waals surface area contributed by atoms with Crippen LogP contribution in [0, 0.1) is 13.8 Å². The molecule has 1 aliphatic rings. The number of carbonyl (C=O) groups is 2. The molecule has 2 amide bonds. The summed E-state index contributed by atoms with van der Waals surface area (Å²) in [7, 11) is 0. The molecule has 2 heterocycles. The number of anilines is 2. The minimum atomic E-state index is -0.297. The summed E-state index contributed by atoms with van der Waals surface area (Å²) in [6.45, 7) is 6.53. The number of benzene rings is 2. The molecular weight excluding hydrogens is 400 g/mol. The van der Waals surface area contributed by atoms with Crippen molar-refractivity contribution in [2.45, 2.75) is 33.7 Å². The molecule has 154 valence electrons. The lowest BCUT2D eigenvalue weighted by Gasteiger charge is -2.15. The number of hydrogen-bond acceptors (Lipinski definition) is 3. The molecule has 3 aromatic rings. The number of nitrogens with zero attached hydrogens (tertiary/aromatic N) is 3. The highest BCUT2D eigenvalue weighted by atomic mass is 35.5. The molecule has 0 spiro atoms. The van der Waals surface area contributed by atoms with E-state index in [2.05, 4.69) is 10.4 Å². The van der Waals surface area contributed by atoms with Gasteiger partial charge in [-0.2, -0.15) is 5.10 Å². The molecule has 2 aromatic carbocycles. The second-order valence-corrected chi connectivity index (χ2v) is 7.97. The van der Waals surface area contributed by atoms with E-state index in [1.54, 1.807) is 29.5 Å². The van der Waals surface area contributed by atoms with Crippen molar-refractivity contribution in [1.29, 1.82) is 0 Å². The molecule has 7 heteroatoms. The van der Waals surface area contributed by atoms with Gasteiger partial charge in [-0.15, -0.1) is 0 Å². The standard InChI is InChI=1S/C23H23ClN4O2/c1-14-4-6-17(7-5-14)13-28-22(24)21(15(2)26-28)23(30)25-19-8-9-20-18(12-19)10-11-27(20)16(3)29/h4-9,12H,10-11,13H2,1-3H3,(H,25,30). The Hall–Kier alpha value is -3.12. The lowest BCUT2D eigenvalue weighted by atomic mass is 10.1. The predicted molar refractivity (Wildman–Crippen MR) is 118 cm³/mol. The highest BCUT2D eigenvalue weighted by Crippen LogP contribution is 2.31. The zero-order chi connectivity index (χ0) is 21.4. The van der Waals surface area contributed by atoms with Crippen LogP contribution in [0.3, 0.4) is 0 Å². The summed E-state index contributed by atoms with van der Waals surface area (Å²) in [5, 5.41) is 7.69. The van der Waals surface area contributed by atoms with Crippen LogP contribution in [0.5, 0.6) is 0 Å². The van der Waals surface area contributed by atoms with E-state index >= 15 is 0 Å². The van der Waals surface area contributed by atoms with Crippen LogP contribution in [0.4, 0.5) is 11.4 Å². The van der Waals surface area contributed by atoms with E-state index in [1.807, 2.05) is 43.3 Å². The van der Waals surface area contributed by atoms with Crippen LogP contribution in [0.25, 0.3) is 0 Å². The fourth-order valence-electron chi connectivity index (χ4n) is 3.78. The van der Waals surface area contributed by atoms with E-state index in [-0.39, 0.29) is 11.8 Å². The Bertz CT molecular complexity index is 1130. The average Bonchev–Trinajstić information content (AvgIpc) is 3.24. The Labute approximate surface area is 180 Å². The van der Waals surface area contributed by atoms with Crippen molar-refractivity contribution in [2.75, 3.05) is 16.8 Å². The quantitative estimate of drug-likeness (QED) is 0.679. The van der Waals surface area contributed by atoms with E-state index in [9.17, 15) is 9.59 Å². The molecule has 0 saturated carbocycles. The van der Waals surface area contributed by atoms with E-state index < -0.39 is 0 Å². The first-order chi connectivity index (χ1) is 14.3. The molecule has 1 aromatic heterocycles. The summed E-state index contributed by atoms with van der Waals surface area (Å²) < 4.78 is 1.64. The summed E-state index contributed by atoms with van der Waals surface area (Å²) in [4.78, 5) is 26.4. The second kappa shape index (κ2) is 7.95. The van der Waals surface area contributed by atoms with Crippen LogP contribution in [-0.2, 0) is 17.8 Å². The topological polar surface area (TPSA) is 67.2 Å². The van der Waals surface area contributed by atoms with Crippen LogP contribution < -0.4 is 10.2 Å². The Morgan fingerprint density at radius 1 is 1.13 bits per heavy atom. The number of fused-ring (bicyclic) bond motifs is 1. The Morgan fingerprint density at radius 3 is 2.57 bits per heavy atom. The van der Waals surface area contributed by atoms with Crippen molar-refractivity contribution in [3.05, 3.63) is 75.6 Å². The van der Waals surface area contributed by atoms with Gasteiger partial charge in [-0.1, -0.05) is 41.4 Å². The first-order valence-electron chi connectivity index (χ1n) is 9.84. The van der Waals surface area contributed by atoms with Crippen molar-refractivity contribution < 1.29 is 9.59 Å². The third-order valence-electron chi connectivity index (χ3n) is 5.36. The molecule has 0 radical (unpaired) electrons. The molecule has 0 aliphatic carbocycles. The number of aryl methyl sites for hydroxylation is 2. The van der Waals surface area contributed by atoms with Gasteiger partial charge in [-0.05, 0) is 49.6 Å². The first kappa shape index (κ1) is 20.2. The highest BCUT2D eigenvalue weighted by molar-refractivity contribution is 6.33. The van der Waals surface area contributed by atoms with Crippen molar-refractivity contribution >= 4 is 34.8 Å². The summed E-state index contributed by atoms with van der Waals surface area (Å²) in [6.07, 6.45) is 0.771. The van der Waals surface area contributed by atoms with E-state index in [0.717, 1.165) is 23.2 Å². The fraction of sp³-hybridized carbons (Fsp3) is 0.261. The minimum Gasteiger partial charge on any atom is -0.322 e. The van der Waals surface area contributed by atoms with Crippen LogP contribution in [0.1, 0.15) is 39.7 Å². The molecule has 0 bridgehead atoms. The van der Waals surface area contributed by atoms with E-state index in [4.69, 9.17) is 11.6 Å². The fourth-order valence-corrected chi connectivity index (χ4v) is 4.10. The van der Waals surface area contributed by atoms with Gasteiger partial charge in [-0.3, -0.25) is 9.59 Å². The van der Waals surface area contributed by atoms with Gasteiger partial charge in [0.1, 0.15) is 5.15 Å². The number of nitrogens with one attached hydrogen (secondary N) is 1. The van der Waals surface area contributed by atoms with Crippen molar-refractivity contribution in [3.8, 4) is 0 Å². The van der Waals surface area contributed by atoms with Gasteiger partial charge in [0.05, 0.1) is 17.8 Å². The average molecular weight is 423 g/mol. The van der Waals surface area contributed by atoms with Gasteiger partial charge in [0.25, 0.3) is 5.91 Å². The third kappa shape index (κ3) is 3.83. The van der Waals surface area contributed by atoms with E-state index in [0.29, 0.717) is 35.2 Å². The summed E-state index contributed by atoms with van der Waals surface area (Å²) >= 11 is 6.52. The van der Waals surface area contributed by atoms with Gasteiger partial charge in [-0.25, -0.2) is 4.68 Å². The molecule has 6 nitrogen and oxygen atoms in total. The first-order valence-corrected chi connectivity index (χ1v) is 10.2. The maximum Gasteiger partial charge on any atom is 0.260 e. The number of rotatable bonds is 4. The predicted octanol–water partition coefficient (Wildman–Crippen LogP) is 4.36. The smallest absolute Gasteiger partial charge is 0.260 e. The van der Waals surface area contributed by atoms with Crippen molar-refractivity contribution in [1.82, 2.24) is 9.78 Å². The normalized spacial score (nSPS) is 12.7. The molecule has 4 rings (SSSR count). The van der Waals surface area contributed by atoms with Crippen LogP contribution in [-0.4, -0.2) is 28.1 Å². The monoisotopic (exact) mass is 422 g/mol.